The molecule has 1 N–H and O–H groups in total. The van der Waals surface area contributed by atoms with Gasteiger partial charge in [0.2, 0.25) is 0 Å². The fraction of sp³-hybridized carbons (Fsp3) is 0.263. The van der Waals surface area contributed by atoms with E-state index >= 15 is 0 Å². The summed E-state index contributed by atoms with van der Waals surface area (Å²) in [6.45, 7) is 1.35. The molecule has 0 aliphatic heterocycles. The topological polar surface area (TPSA) is 89.5 Å². The lowest BCUT2D eigenvalue weighted by Crippen LogP contribution is -2.31. The first-order chi connectivity index (χ1) is 12.8. The van der Waals surface area contributed by atoms with E-state index in [0.29, 0.717) is 5.02 Å². The van der Waals surface area contributed by atoms with Crippen molar-refractivity contribution in [2.75, 3.05) is 12.4 Å². The van der Waals surface area contributed by atoms with Crippen molar-refractivity contribution in [3.8, 4) is 0 Å². The molecule has 0 bridgehead atoms. The average molecular weight is 410 g/mol. The van der Waals surface area contributed by atoms with E-state index in [0.717, 1.165) is 5.56 Å². The predicted octanol–water partition coefficient (Wildman–Crippen LogP) is 2.92. The molecule has 0 radical (unpaired) electrons. The van der Waals surface area contributed by atoms with Crippen LogP contribution in [0, 0.1) is 0 Å². The van der Waals surface area contributed by atoms with E-state index in [1.807, 2.05) is 37.3 Å². The average Bonchev–Trinajstić information content (AvgIpc) is 2.66. The van der Waals surface area contributed by atoms with E-state index in [4.69, 9.17) is 16.3 Å². The minimum absolute atomic E-state index is 0.0779. The van der Waals surface area contributed by atoms with Crippen LogP contribution in [0.2, 0.25) is 5.02 Å². The molecule has 2 aromatic rings. The normalized spacial score (nSPS) is 12.2. The van der Waals surface area contributed by atoms with Crippen LogP contribution in [0.1, 0.15) is 24.9 Å². The number of hydrogen-bond donors (Lipinski definition) is 1. The van der Waals surface area contributed by atoms with Gasteiger partial charge in [-0.3, -0.25) is 9.59 Å². The Morgan fingerprint density at radius 1 is 1.07 bits per heavy atom. The summed E-state index contributed by atoms with van der Waals surface area (Å²) >= 11 is 5.73. The van der Waals surface area contributed by atoms with Crippen LogP contribution in [-0.4, -0.2) is 32.7 Å². The van der Waals surface area contributed by atoms with Crippen molar-refractivity contribution >= 4 is 33.3 Å². The maximum absolute atomic E-state index is 12.2. The molecule has 0 saturated carbocycles. The Hall–Kier alpha value is -2.38. The van der Waals surface area contributed by atoms with Gasteiger partial charge < -0.3 is 10.1 Å². The van der Waals surface area contributed by atoms with E-state index in [-0.39, 0.29) is 17.4 Å². The highest BCUT2D eigenvalue weighted by Gasteiger charge is 2.18. The van der Waals surface area contributed by atoms with Crippen molar-refractivity contribution in [2.45, 2.75) is 24.3 Å². The van der Waals surface area contributed by atoms with Crippen molar-refractivity contribution in [1.82, 2.24) is 5.32 Å². The van der Waals surface area contributed by atoms with Gasteiger partial charge in [0.15, 0.2) is 16.4 Å². The molecule has 27 heavy (non-hydrogen) atoms. The molecule has 0 aliphatic rings. The van der Waals surface area contributed by atoms with Crippen LogP contribution in [0.5, 0.6) is 0 Å². The molecular weight excluding hydrogens is 390 g/mol. The highest BCUT2D eigenvalue weighted by Crippen LogP contribution is 2.16. The van der Waals surface area contributed by atoms with Gasteiger partial charge in [-0.25, -0.2) is 8.42 Å². The molecule has 144 valence electrons. The number of ether oxygens (including phenoxy) is 1. The lowest BCUT2D eigenvalue weighted by atomic mass is 10.1. The molecule has 0 aromatic heterocycles. The van der Waals surface area contributed by atoms with E-state index in [1.165, 1.54) is 24.3 Å². The molecule has 1 atom stereocenters. The van der Waals surface area contributed by atoms with Crippen LogP contribution in [0.25, 0.3) is 0 Å². The van der Waals surface area contributed by atoms with Crippen molar-refractivity contribution in [3.05, 3.63) is 65.2 Å². The van der Waals surface area contributed by atoms with Crippen LogP contribution in [0.3, 0.4) is 0 Å². The summed E-state index contributed by atoms with van der Waals surface area (Å²) in [6, 6.07) is 14.8. The fourth-order valence-electron chi connectivity index (χ4n) is 2.30. The summed E-state index contributed by atoms with van der Waals surface area (Å²) in [5.41, 5.74) is 0.922. The summed E-state index contributed by atoms with van der Waals surface area (Å²) in [7, 11) is -3.63. The van der Waals surface area contributed by atoms with E-state index < -0.39 is 34.1 Å². The Bertz CT molecular complexity index is 882. The largest absolute Gasteiger partial charge is 0.456 e. The molecule has 2 rings (SSSR count). The third kappa shape index (κ3) is 6.69. The van der Waals surface area contributed by atoms with Crippen molar-refractivity contribution in [2.24, 2.45) is 0 Å². The van der Waals surface area contributed by atoms with Gasteiger partial charge in [0.1, 0.15) is 0 Å². The summed E-state index contributed by atoms with van der Waals surface area (Å²) in [5, 5.41) is 3.13. The summed E-state index contributed by atoms with van der Waals surface area (Å²) in [6.07, 6.45) is -0.341. The highest BCUT2D eigenvalue weighted by molar-refractivity contribution is 7.91. The molecule has 2 aromatic carbocycles. The minimum Gasteiger partial charge on any atom is -0.456 e. The zero-order valence-corrected chi connectivity index (χ0v) is 16.3. The van der Waals surface area contributed by atoms with Crippen molar-refractivity contribution in [1.29, 1.82) is 0 Å². The Balaban J connectivity index is 1.77. The van der Waals surface area contributed by atoms with Gasteiger partial charge in [0.25, 0.3) is 5.91 Å². The van der Waals surface area contributed by atoms with E-state index in [9.17, 15) is 18.0 Å². The Morgan fingerprint density at radius 3 is 2.33 bits per heavy atom. The van der Waals surface area contributed by atoms with Crippen LogP contribution < -0.4 is 5.32 Å². The number of carbonyl (C=O) groups excluding carboxylic acids is 2. The number of hydrogen-bond acceptors (Lipinski definition) is 5. The van der Waals surface area contributed by atoms with Gasteiger partial charge in [0, 0.05) is 5.02 Å². The quantitative estimate of drug-likeness (QED) is 0.677. The lowest BCUT2D eigenvalue weighted by Gasteiger charge is -2.14. The monoisotopic (exact) mass is 409 g/mol. The number of sulfone groups is 1. The van der Waals surface area contributed by atoms with Crippen molar-refractivity contribution < 1.29 is 22.7 Å². The van der Waals surface area contributed by atoms with Crippen LogP contribution in [0.15, 0.2) is 59.5 Å². The van der Waals surface area contributed by atoms with E-state index in [1.54, 1.807) is 0 Å². The molecule has 0 spiro atoms. The molecule has 0 fully saturated rings. The molecule has 0 unspecified atom stereocenters. The van der Waals surface area contributed by atoms with Gasteiger partial charge >= 0.3 is 5.97 Å². The first-order valence-corrected chi connectivity index (χ1v) is 10.3. The van der Waals surface area contributed by atoms with Crippen molar-refractivity contribution in [3.63, 3.8) is 0 Å². The van der Waals surface area contributed by atoms with Gasteiger partial charge in [0.05, 0.1) is 23.1 Å². The Kier molecular flexibility index (Phi) is 7.38. The summed E-state index contributed by atoms with van der Waals surface area (Å²) < 4.78 is 29.2. The number of esters is 1. The fourth-order valence-corrected chi connectivity index (χ4v) is 3.65. The zero-order chi connectivity index (χ0) is 19.9. The first-order valence-electron chi connectivity index (χ1n) is 8.26. The van der Waals surface area contributed by atoms with Gasteiger partial charge in [-0.2, -0.15) is 0 Å². The zero-order valence-electron chi connectivity index (χ0n) is 14.7. The molecular formula is C19H20ClNO5S. The highest BCUT2D eigenvalue weighted by atomic mass is 35.5. The summed E-state index contributed by atoms with van der Waals surface area (Å²) in [5.74, 6) is -1.62. The standard InChI is InChI=1S/C19H20ClNO5S/c1-14(15-5-3-2-4-6-15)21-18(22)13-26-19(23)11-12-27(24,25)17-9-7-16(20)8-10-17/h2-10,14H,11-13H2,1H3,(H,21,22)/t14-/m0/s1. The van der Waals surface area contributed by atoms with Crippen LogP contribution >= 0.6 is 11.6 Å². The minimum atomic E-state index is -3.63. The molecule has 0 heterocycles. The Morgan fingerprint density at radius 2 is 1.70 bits per heavy atom. The Labute approximate surface area is 163 Å². The lowest BCUT2D eigenvalue weighted by molar-refractivity contribution is -0.148. The number of carbonyl (C=O) groups is 2. The summed E-state index contributed by atoms with van der Waals surface area (Å²) in [4.78, 5) is 23.7. The SMILES string of the molecule is C[C@H](NC(=O)COC(=O)CCS(=O)(=O)c1ccc(Cl)cc1)c1ccccc1. The van der Waals surface area contributed by atoms with Gasteiger partial charge in [-0.15, -0.1) is 0 Å². The van der Waals surface area contributed by atoms with E-state index in [2.05, 4.69) is 5.32 Å². The molecule has 1 amide bonds. The number of halogens is 1. The number of amides is 1. The number of rotatable bonds is 8. The van der Waals surface area contributed by atoms with Crippen LogP contribution in [0.4, 0.5) is 0 Å². The molecule has 6 nitrogen and oxygen atoms in total. The molecule has 0 saturated heterocycles. The molecule has 8 heteroatoms. The molecule has 0 aliphatic carbocycles. The predicted molar refractivity (Wildman–Crippen MR) is 102 cm³/mol. The third-order valence-corrected chi connectivity index (χ3v) is 5.77. The van der Waals surface area contributed by atoms with Crippen LogP contribution in [-0.2, 0) is 24.2 Å². The second-order valence-corrected chi connectivity index (χ2v) is 8.43. The first kappa shape index (κ1) is 20.9. The number of benzene rings is 2. The third-order valence-electron chi connectivity index (χ3n) is 3.79. The smallest absolute Gasteiger partial charge is 0.307 e. The maximum Gasteiger partial charge on any atom is 0.307 e. The second kappa shape index (κ2) is 9.53. The number of nitrogens with one attached hydrogen (secondary N) is 1. The second-order valence-electron chi connectivity index (χ2n) is 5.88. The maximum atomic E-state index is 12.2. The van der Waals surface area contributed by atoms with Gasteiger partial charge in [-0.05, 0) is 36.8 Å². The van der Waals surface area contributed by atoms with Gasteiger partial charge in [-0.1, -0.05) is 41.9 Å².